The molecule has 2 aromatic carbocycles. The van der Waals surface area contributed by atoms with E-state index in [0.29, 0.717) is 25.3 Å². The van der Waals surface area contributed by atoms with Crippen LogP contribution in [0, 0.1) is 0 Å². The van der Waals surface area contributed by atoms with Crippen LogP contribution in [0.2, 0.25) is 0 Å². The summed E-state index contributed by atoms with van der Waals surface area (Å²) in [5.74, 6) is -0.131. The summed E-state index contributed by atoms with van der Waals surface area (Å²) in [7, 11) is 0. The van der Waals surface area contributed by atoms with Crippen LogP contribution in [0.3, 0.4) is 0 Å². The summed E-state index contributed by atoms with van der Waals surface area (Å²) in [5, 5.41) is 2.88. The highest BCUT2D eigenvalue weighted by Crippen LogP contribution is 2.41. The molecule has 0 unspecified atom stereocenters. The third kappa shape index (κ3) is 4.39. The lowest BCUT2D eigenvalue weighted by atomic mass is 10.1. The molecule has 1 aliphatic heterocycles. The van der Waals surface area contributed by atoms with Crippen molar-refractivity contribution in [1.29, 1.82) is 0 Å². The minimum absolute atomic E-state index is 0.131. The molecule has 1 aliphatic rings. The van der Waals surface area contributed by atoms with Crippen LogP contribution < -0.4 is 5.32 Å². The summed E-state index contributed by atoms with van der Waals surface area (Å²) in [4.78, 5) is 24.1. The molecular weight excluding hydrogens is 382 g/mol. The van der Waals surface area contributed by atoms with Gasteiger partial charge in [-0.1, -0.05) is 36.0 Å². The van der Waals surface area contributed by atoms with E-state index in [0.717, 1.165) is 32.4 Å². The average molecular weight is 404 g/mol. The molecule has 1 amide bonds. The van der Waals surface area contributed by atoms with E-state index in [4.69, 9.17) is 9.73 Å². The van der Waals surface area contributed by atoms with Crippen LogP contribution in [0.4, 0.5) is 5.69 Å². The number of nitrogens with one attached hydrogen (secondary N) is 1. The quantitative estimate of drug-likeness (QED) is 0.482. The minimum atomic E-state index is -0.131. The molecule has 3 aromatic rings. The van der Waals surface area contributed by atoms with Gasteiger partial charge >= 0.3 is 0 Å². The molecule has 6 heteroatoms. The summed E-state index contributed by atoms with van der Waals surface area (Å²) in [6.45, 7) is 3.55. The Hall–Kier alpha value is -2.96. The number of rotatable bonds is 6. The van der Waals surface area contributed by atoms with Crippen molar-refractivity contribution in [2.75, 3.05) is 19.8 Å². The van der Waals surface area contributed by atoms with Gasteiger partial charge < -0.3 is 10.1 Å². The number of benzene rings is 2. The van der Waals surface area contributed by atoms with Crippen molar-refractivity contribution in [2.24, 2.45) is 4.99 Å². The monoisotopic (exact) mass is 403 g/mol. The van der Waals surface area contributed by atoms with Crippen LogP contribution in [0.1, 0.15) is 28.5 Å². The molecule has 29 heavy (non-hydrogen) atoms. The fourth-order valence-corrected chi connectivity index (χ4v) is 4.07. The predicted octanol–water partition coefficient (Wildman–Crippen LogP) is 4.48. The number of amides is 1. The Morgan fingerprint density at radius 3 is 2.76 bits per heavy atom. The normalized spacial score (nSPS) is 12.4. The number of pyridine rings is 1. The van der Waals surface area contributed by atoms with Gasteiger partial charge in [0.15, 0.2) is 0 Å². The van der Waals surface area contributed by atoms with Crippen LogP contribution in [-0.4, -0.2) is 36.4 Å². The molecule has 0 radical (unpaired) electrons. The first-order valence-corrected chi connectivity index (χ1v) is 10.3. The third-order valence-electron chi connectivity index (χ3n) is 4.46. The number of carbonyl (C=O) groups excluding carboxylic acids is 1. The van der Waals surface area contributed by atoms with Gasteiger partial charge in [0.1, 0.15) is 0 Å². The zero-order valence-corrected chi connectivity index (χ0v) is 16.9. The topological polar surface area (TPSA) is 63.6 Å². The standard InChI is InChI=1S/C23H21N3O2S/c1-2-28-14-13-25-23(27)16-10-11-21-19(15-16)26-22(18-8-5-6-12-24-18)17-7-3-4-9-20(17)29-21/h3-12,15H,2,13-14H2,1H3,(H,25,27). The second kappa shape index (κ2) is 9.03. The highest BCUT2D eigenvalue weighted by atomic mass is 32.2. The average Bonchev–Trinajstić information content (AvgIpc) is 2.93. The van der Waals surface area contributed by atoms with Crippen molar-refractivity contribution in [3.05, 3.63) is 83.7 Å². The molecule has 0 bridgehead atoms. The van der Waals surface area contributed by atoms with Crippen LogP contribution in [0.5, 0.6) is 0 Å². The Bertz CT molecular complexity index is 1050. The first-order valence-electron chi connectivity index (χ1n) is 9.53. The molecular formula is C23H21N3O2S. The van der Waals surface area contributed by atoms with Crippen molar-refractivity contribution in [2.45, 2.75) is 16.7 Å². The van der Waals surface area contributed by atoms with Crippen molar-refractivity contribution in [1.82, 2.24) is 10.3 Å². The maximum Gasteiger partial charge on any atom is 0.251 e. The minimum Gasteiger partial charge on any atom is -0.380 e. The molecule has 0 atom stereocenters. The maximum absolute atomic E-state index is 12.5. The van der Waals surface area contributed by atoms with Gasteiger partial charge in [-0.05, 0) is 43.3 Å². The first-order chi connectivity index (χ1) is 14.3. The number of fused-ring (bicyclic) bond motifs is 2. The van der Waals surface area contributed by atoms with Gasteiger partial charge in [0.25, 0.3) is 5.91 Å². The number of nitrogens with zero attached hydrogens (tertiary/aromatic N) is 2. The van der Waals surface area contributed by atoms with Gasteiger partial charge in [0.05, 0.1) is 23.7 Å². The summed E-state index contributed by atoms with van der Waals surface area (Å²) in [6, 6.07) is 19.6. The number of ether oxygens (including phenoxy) is 1. The summed E-state index contributed by atoms with van der Waals surface area (Å²) in [6.07, 6.45) is 1.77. The molecule has 146 valence electrons. The van der Waals surface area contributed by atoms with Gasteiger partial charge in [-0.25, -0.2) is 4.99 Å². The summed E-state index contributed by atoms with van der Waals surface area (Å²) in [5.41, 5.74) is 4.00. The largest absolute Gasteiger partial charge is 0.380 e. The first kappa shape index (κ1) is 19.4. The molecule has 0 aliphatic carbocycles. The van der Waals surface area contributed by atoms with Gasteiger partial charge in [0, 0.05) is 40.3 Å². The molecule has 0 fully saturated rings. The fraction of sp³-hybridized carbons (Fsp3) is 0.174. The molecule has 1 aromatic heterocycles. The van der Waals surface area contributed by atoms with E-state index in [1.165, 1.54) is 0 Å². The van der Waals surface area contributed by atoms with Crippen LogP contribution in [-0.2, 0) is 4.74 Å². The van der Waals surface area contributed by atoms with Crippen molar-refractivity contribution in [3.63, 3.8) is 0 Å². The van der Waals surface area contributed by atoms with Crippen LogP contribution in [0.25, 0.3) is 0 Å². The molecule has 4 rings (SSSR count). The highest BCUT2D eigenvalue weighted by molar-refractivity contribution is 7.99. The zero-order valence-electron chi connectivity index (χ0n) is 16.1. The molecule has 1 N–H and O–H groups in total. The van der Waals surface area contributed by atoms with E-state index < -0.39 is 0 Å². The van der Waals surface area contributed by atoms with Crippen LogP contribution in [0.15, 0.2) is 81.6 Å². The second-order valence-electron chi connectivity index (χ2n) is 6.41. The SMILES string of the molecule is CCOCCNC(=O)c1ccc2c(c1)N=C(c1ccccn1)c1ccccc1S2. The number of aliphatic imine (C=N–C) groups is 1. The van der Waals surface area contributed by atoms with Gasteiger partial charge in [0.2, 0.25) is 0 Å². The summed E-state index contributed by atoms with van der Waals surface area (Å²) < 4.78 is 5.28. The Morgan fingerprint density at radius 2 is 1.93 bits per heavy atom. The van der Waals surface area contributed by atoms with E-state index >= 15 is 0 Å². The van der Waals surface area contributed by atoms with Crippen molar-refractivity contribution < 1.29 is 9.53 Å². The van der Waals surface area contributed by atoms with E-state index in [2.05, 4.69) is 22.4 Å². The molecule has 5 nitrogen and oxygen atoms in total. The molecule has 0 spiro atoms. The predicted molar refractivity (Wildman–Crippen MR) is 115 cm³/mol. The fourth-order valence-electron chi connectivity index (χ4n) is 3.06. The second-order valence-corrected chi connectivity index (χ2v) is 7.49. The Kier molecular flexibility index (Phi) is 6.03. The Labute approximate surface area is 174 Å². The van der Waals surface area contributed by atoms with Crippen molar-refractivity contribution >= 4 is 29.1 Å². The highest BCUT2D eigenvalue weighted by Gasteiger charge is 2.20. The lowest BCUT2D eigenvalue weighted by Crippen LogP contribution is -2.27. The number of carbonyl (C=O) groups is 1. The van der Waals surface area contributed by atoms with Crippen LogP contribution >= 0.6 is 11.8 Å². The Morgan fingerprint density at radius 1 is 1.07 bits per heavy atom. The third-order valence-corrected chi connectivity index (χ3v) is 5.60. The summed E-state index contributed by atoms with van der Waals surface area (Å²) >= 11 is 1.65. The molecule has 2 heterocycles. The number of aromatic nitrogens is 1. The molecule has 0 saturated carbocycles. The lowest BCUT2D eigenvalue weighted by Gasteiger charge is -2.08. The lowest BCUT2D eigenvalue weighted by molar-refractivity contribution is 0.0922. The van der Waals surface area contributed by atoms with E-state index in [9.17, 15) is 4.79 Å². The maximum atomic E-state index is 12.5. The van der Waals surface area contributed by atoms with E-state index in [1.54, 1.807) is 18.0 Å². The Balaban J connectivity index is 1.71. The van der Waals surface area contributed by atoms with Gasteiger partial charge in [-0.3, -0.25) is 9.78 Å². The van der Waals surface area contributed by atoms with Crippen molar-refractivity contribution in [3.8, 4) is 0 Å². The van der Waals surface area contributed by atoms with E-state index in [-0.39, 0.29) is 5.91 Å². The smallest absolute Gasteiger partial charge is 0.251 e. The number of hydrogen-bond acceptors (Lipinski definition) is 5. The number of hydrogen-bond donors (Lipinski definition) is 1. The molecule has 0 saturated heterocycles. The van der Waals surface area contributed by atoms with Gasteiger partial charge in [-0.2, -0.15) is 0 Å². The van der Waals surface area contributed by atoms with E-state index in [1.807, 2.05) is 55.5 Å². The zero-order chi connectivity index (χ0) is 20.1. The van der Waals surface area contributed by atoms with Gasteiger partial charge in [-0.15, -0.1) is 0 Å².